The van der Waals surface area contributed by atoms with Crippen molar-refractivity contribution in [3.63, 3.8) is 0 Å². The molecule has 1 amide bonds. The molecule has 19 heavy (non-hydrogen) atoms. The average molecular weight is 257 g/mol. The summed E-state index contributed by atoms with van der Waals surface area (Å²) in [5, 5.41) is 12.4. The van der Waals surface area contributed by atoms with Crippen molar-refractivity contribution in [3.05, 3.63) is 54.1 Å². The van der Waals surface area contributed by atoms with E-state index in [1.54, 1.807) is 18.2 Å². The number of phenolic OH excluding ortho intramolecular Hbond substituents is 1. The largest absolute Gasteiger partial charge is 0.507 e. The quantitative estimate of drug-likeness (QED) is 0.885. The molecule has 0 aliphatic heterocycles. The fourth-order valence-corrected chi connectivity index (χ4v) is 1.67. The molecule has 0 bridgehead atoms. The minimum atomic E-state index is -0.370. The molecule has 0 unspecified atom stereocenters. The number of aromatic hydroxyl groups is 1. The van der Waals surface area contributed by atoms with Gasteiger partial charge in [0.25, 0.3) is 5.91 Å². The first kappa shape index (κ1) is 13.0. The van der Waals surface area contributed by atoms with E-state index in [-0.39, 0.29) is 17.2 Å². The monoisotopic (exact) mass is 257 g/mol. The first-order valence-electron chi connectivity index (χ1n) is 6.03. The number of phenols is 1. The zero-order valence-corrected chi connectivity index (χ0v) is 10.6. The summed E-state index contributed by atoms with van der Waals surface area (Å²) in [6.07, 6.45) is 0. The summed E-state index contributed by atoms with van der Waals surface area (Å²) in [5.41, 5.74) is 0.864. The number of carbonyl (C=O) groups excluding carboxylic acids is 1. The van der Waals surface area contributed by atoms with Crippen LogP contribution >= 0.6 is 0 Å². The van der Waals surface area contributed by atoms with Gasteiger partial charge in [0.15, 0.2) is 0 Å². The van der Waals surface area contributed by atoms with E-state index in [1.807, 2.05) is 25.1 Å². The molecule has 98 valence electrons. The van der Waals surface area contributed by atoms with Gasteiger partial charge in [-0.2, -0.15) is 0 Å². The molecule has 2 rings (SSSR count). The number of rotatable bonds is 4. The zero-order valence-electron chi connectivity index (χ0n) is 10.6. The average Bonchev–Trinajstić information content (AvgIpc) is 2.42. The molecule has 0 aliphatic carbocycles. The highest BCUT2D eigenvalue weighted by atomic mass is 16.5. The number of nitrogens with one attached hydrogen (secondary N) is 1. The number of benzene rings is 2. The van der Waals surface area contributed by atoms with Crippen molar-refractivity contribution >= 4 is 11.6 Å². The maximum Gasteiger partial charge on any atom is 0.259 e. The van der Waals surface area contributed by atoms with Crippen molar-refractivity contribution in [1.82, 2.24) is 0 Å². The van der Waals surface area contributed by atoms with Crippen LogP contribution in [0.2, 0.25) is 0 Å². The molecule has 0 atom stereocenters. The summed E-state index contributed by atoms with van der Waals surface area (Å²) >= 11 is 0. The molecule has 4 nitrogen and oxygen atoms in total. The third-order valence-electron chi connectivity index (χ3n) is 2.56. The molecule has 2 aromatic carbocycles. The van der Waals surface area contributed by atoms with Crippen LogP contribution in [-0.2, 0) is 0 Å². The van der Waals surface area contributed by atoms with Crippen LogP contribution in [0, 0.1) is 0 Å². The van der Waals surface area contributed by atoms with Crippen molar-refractivity contribution < 1.29 is 14.6 Å². The molecule has 0 saturated heterocycles. The van der Waals surface area contributed by atoms with Crippen molar-refractivity contribution in [2.45, 2.75) is 6.92 Å². The van der Waals surface area contributed by atoms with Gasteiger partial charge in [-0.1, -0.05) is 18.2 Å². The molecule has 0 radical (unpaired) electrons. The third-order valence-corrected chi connectivity index (χ3v) is 2.56. The SMILES string of the molecule is CCOc1ccc(O)c(C(=O)Nc2ccccc2)c1. The molecule has 0 aliphatic rings. The molecular formula is C15H15NO3. The van der Waals surface area contributed by atoms with E-state index in [4.69, 9.17) is 4.74 Å². The summed E-state index contributed by atoms with van der Waals surface area (Å²) < 4.78 is 5.31. The van der Waals surface area contributed by atoms with Crippen LogP contribution in [0.15, 0.2) is 48.5 Å². The van der Waals surface area contributed by atoms with Gasteiger partial charge < -0.3 is 15.2 Å². The molecule has 0 spiro atoms. The van der Waals surface area contributed by atoms with E-state index in [2.05, 4.69) is 5.32 Å². The van der Waals surface area contributed by atoms with Crippen LogP contribution in [0.1, 0.15) is 17.3 Å². The fraction of sp³-hybridized carbons (Fsp3) is 0.133. The van der Waals surface area contributed by atoms with E-state index >= 15 is 0 Å². The molecule has 2 aromatic rings. The molecule has 4 heteroatoms. The molecule has 0 fully saturated rings. The predicted octanol–water partition coefficient (Wildman–Crippen LogP) is 3.04. The third kappa shape index (κ3) is 3.25. The first-order chi connectivity index (χ1) is 9.20. The van der Waals surface area contributed by atoms with E-state index < -0.39 is 0 Å². The zero-order chi connectivity index (χ0) is 13.7. The van der Waals surface area contributed by atoms with Crippen molar-refractivity contribution in [3.8, 4) is 11.5 Å². The van der Waals surface area contributed by atoms with E-state index in [9.17, 15) is 9.90 Å². The maximum absolute atomic E-state index is 12.1. The van der Waals surface area contributed by atoms with Crippen LogP contribution in [-0.4, -0.2) is 17.6 Å². The Morgan fingerprint density at radius 1 is 1.21 bits per heavy atom. The van der Waals surface area contributed by atoms with Crippen LogP contribution in [0.25, 0.3) is 0 Å². The lowest BCUT2D eigenvalue weighted by atomic mass is 10.1. The van der Waals surface area contributed by atoms with Gasteiger partial charge in [0, 0.05) is 5.69 Å². The lowest BCUT2D eigenvalue weighted by Crippen LogP contribution is -2.12. The summed E-state index contributed by atoms with van der Waals surface area (Å²) in [7, 11) is 0. The Hall–Kier alpha value is -2.49. The van der Waals surface area contributed by atoms with Gasteiger partial charge in [-0.15, -0.1) is 0 Å². The van der Waals surface area contributed by atoms with Crippen LogP contribution in [0.5, 0.6) is 11.5 Å². The molecule has 2 N–H and O–H groups in total. The lowest BCUT2D eigenvalue weighted by Gasteiger charge is -2.09. The fourth-order valence-electron chi connectivity index (χ4n) is 1.67. The number of hydrogen-bond donors (Lipinski definition) is 2. The first-order valence-corrected chi connectivity index (χ1v) is 6.03. The Labute approximate surface area is 111 Å². The van der Waals surface area contributed by atoms with Crippen molar-refractivity contribution in [2.24, 2.45) is 0 Å². The molecule has 0 saturated carbocycles. The second kappa shape index (κ2) is 5.91. The van der Waals surface area contributed by atoms with Gasteiger partial charge in [0.05, 0.1) is 12.2 Å². The van der Waals surface area contributed by atoms with Gasteiger partial charge in [0.2, 0.25) is 0 Å². The van der Waals surface area contributed by atoms with Gasteiger partial charge in [-0.05, 0) is 37.3 Å². The van der Waals surface area contributed by atoms with E-state index in [0.717, 1.165) is 0 Å². The number of ether oxygens (including phenoxy) is 1. The van der Waals surface area contributed by atoms with Gasteiger partial charge in [-0.25, -0.2) is 0 Å². The van der Waals surface area contributed by atoms with Crippen molar-refractivity contribution in [1.29, 1.82) is 0 Å². The van der Waals surface area contributed by atoms with Crippen molar-refractivity contribution in [2.75, 3.05) is 11.9 Å². The van der Waals surface area contributed by atoms with Crippen LogP contribution in [0.4, 0.5) is 5.69 Å². The van der Waals surface area contributed by atoms with Crippen LogP contribution < -0.4 is 10.1 Å². The Kier molecular flexibility index (Phi) is 4.03. The number of carbonyl (C=O) groups is 1. The standard InChI is InChI=1S/C15H15NO3/c1-2-19-12-8-9-14(17)13(10-12)15(18)16-11-6-4-3-5-7-11/h3-10,17H,2H2,1H3,(H,16,18). The number of hydrogen-bond acceptors (Lipinski definition) is 3. The summed E-state index contributed by atoms with van der Waals surface area (Å²) in [6.45, 7) is 2.36. The summed E-state index contributed by atoms with van der Waals surface area (Å²) in [4.78, 5) is 12.1. The second-order valence-corrected chi connectivity index (χ2v) is 3.93. The van der Waals surface area contributed by atoms with Gasteiger partial charge in [-0.3, -0.25) is 4.79 Å². The Morgan fingerprint density at radius 3 is 2.63 bits per heavy atom. The highest BCUT2D eigenvalue weighted by Crippen LogP contribution is 2.24. The number of amides is 1. The second-order valence-electron chi connectivity index (χ2n) is 3.93. The normalized spacial score (nSPS) is 9.95. The highest BCUT2D eigenvalue weighted by Gasteiger charge is 2.12. The topological polar surface area (TPSA) is 58.6 Å². The molecule has 0 heterocycles. The predicted molar refractivity (Wildman–Crippen MR) is 73.7 cm³/mol. The Balaban J connectivity index is 2.21. The summed E-state index contributed by atoms with van der Waals surface area (Å²) in [6, 6.07) is 13.7. The molecule has 0 aromatic heterocycles. The van der Waals surface area contributed by atoms with E-state index in [0.29, 0.717) is 18.0 Å². The Bertz CT molecular complexity index is 567. The smallest absolute Gasteiger partial charge is 0.259 e. The summed E-state index contributed by atoms with van der Waals surface area (Å²) in [5.74, 6) is 0.112. The van der Waals surface area contributed by atoms with Gasteiger partial charge in [0.1, 0.15) is 11.5 Å². The van der Waals surface area contributed by atoms with Crippen LogP contribution in [0.3, 0.4) is 0 Å². The van der Waals surface area contributed by atoms with E-state index in [1.165, 1.54) is 12.1 Å². The minimum absolute atomic E-state index is 0.0723. The Morgan fingerprint density at radius 2 is 1.95 bits per heavy atom. The minimum Gasteiger partial charge on any atom is -0.507 e. The molecular weight excluding hydrogens is 242 g/mol. The van der Waals surface area contributed by atoms with Gasteiger partial charge >= 0.3 is 0 Å². The number of para-hydroxylation sites is 1. The number of anilines is 1. The maximum atomic E-state index is 12.1. The lowest BCUT2D eigenvalue weighted by molar-refractivity contribution is 0.102. The highest BCUT2D eigenvalue weighted by molar-refractivity contribution is 6.06.